The predicted octanol–water partition coefficient (Wildman–Crippen LogP) is 3.52. The van der Waals surface area contributed by atoms with Crippen LogP contribution in [0.4, 0.5) is 4.39 Å². The van der Waals surface area contributed by atoms with Gasteiger partial charge in [-0.3, -0.25) is 0 Å². The minimum absolute atomic E-state index is 0.187. The summed E-state index contributed by atoms with van der Waals surface area (Å²) >= 11 is 1.33. The molecular weight excluding hydrogens is 265 g/mol. The van der Waals surface area contributed by atoms with Crippen molar-refractivity contribution in [3.05, 3.63) is 59.0 Å². The molecule has 0 fully saturated rings. The lowest BCUT2D eigenvalue weighted by molar-refractivity contribution is 0.0692. The van der Waals surface area contributed by atoms with Crippen molar-refractivity contribution in [3.63, 3.8) is 0 Å². The number of aromatic nitrogens is 1. The van der Waals surface area contributed by atoms with E-state index in [0.29, 0.717) is 10.8 Å². The third-order valence-corrected chi connectivity index (χ3v) is 3.72. The molecule has 2 rings (SSSR count). The number of carbonyl (C=O) groups is 1. The Balaban J connectivity index is 2.17. The van der Waals surface area contributed by atoms with E-state index < -0.39 is 5.97 Å². The quantitative estimate of drug-likeness (QED) is 0.869. The Morgan fingerprint density at radius 2 is 2.21 bits per heavy atom. The summed E-state index contributed by atoms with van der Waals surface area (Å²) in [6.45, 7) is 1.83. The third-order valence-electron chi connectivity index (χ3n) is 2.67. The number of rotatable bonds is 4. The van der Waals surface area contributed by atoms with E-state index in [-0.39, 0.29) is 11.4 Å². The Kier molecular flexibility index (Phi) is 4.16. The number of halogens is 1. The number of thioether (sulfide) groups is 1. The highest BCUT2D eigenvalue weighted by atomic mass is 32.2. The van der Waals surface area contributed by atoms with Crippen molar-refractivity contribution in [2.24, 2.45) is 0 Å². The van der Waals surface area contributed by atoms with Crippen LogP contribution in [0.25, 0.3) is 0 Å². The van der Waals surface area contributed by atoms with E-state index >= 15 is 0 Å². The fourth-order valence-corrected chi connectivity index (χ4v) is 2.70. The maximum Gasteiger partial charge on any atom is 0.338 e. The molecule has 1 heterocycles. The van der Waals surface area contributed by atoms with Crippen LogP contribution in [0.15, 0.2) is 41.6 Å². The summed E-state index contributed by atoms with van der Waals surface area (Å²) < 4.78 is 13.0. The summed E-state index contributed by atoms with van der Waals surface area (Å²) in [6, 6.07) is 7.69. The fourth-order valence-electron chi connectivity index (χ4n) is 1.64. The minimum Gasteiger partial charge on any atom is -0.478 e. The van der Waals surface area contributed by atoms with Crippen molar-refractivity contribution in [1.29, 1.82) is 0 Å². The smallest absolute Gasteiger partial charge is 0.338 e. The zero-order valence-corrected chi connectivity index (χ0v) is 11.1. The first-order chi connectivity index (χ1) is 9.08. The van der Waals surface area contributed by atoms with Gasteiger partial charge in [-0.1, -0.05) is 6.07 Å². The maximum absolute atomic E-state index is 13.0. The van der Waals surface area contributed by atoms with Crippen LogP contribution in [0.5, 0.6) is 0 Å². The zero-order chi connectivity index (χ0) is 13.8. The van der Waals surface area contributed by atoms with Crippen molar-refractivity contribution >= 4 is 17.7 Å². The molecule has 19 heavy (non-hydrogen) atoms. The summed E-state index contributed by atoms with van der Waals surface area (Å²) in [4.78, 5) is 15.1. The van der Waals surface area contributed by atoms with Crippen LogP contribution in [0.3, 0.4) is 0 Å². The summed E-state index contributed by atoms with van der Waals surface area (Å²) in [6.07, 6.45) is 1.56. The van der Waals surface area contributed by atoms with Crippen molar-refractivity contribution in [2.75, 3.05) is 0 Å². The van der Waals surface area contributed by atoms with Gasteiger partial charge in [0, 0.05) is 11.9 Å². The van der Waals surface area contributed by atoms with E-state index in [2.05, 4.69) is 4.98 Å². The molecule has 5 heteroatoms. The first kappa shape index (κ1) is 13.5. The number of aromatic carboxylic acids is 1. The van der Waals surface area contributed by atoms with E-state index in [1.165, 1.54) is 30.0 Å². The third kappa shape index (κ3) is 3.32. The first-order valence-electron chi connectivity index (χ1n) is 5.64. The second-order valence-corrected chi connectivity index (χ2v) is 4.98. The van der Waals surface area contributed by atoms with Gasteiger partial charge in [-0.05, 0) is 42.3 Å². The van der Waals surface area contributed by atoms with Gasteiger partial charge < -0.3 is 5.11 Å². The molecule has 0 saturated heterocycles. The van der Waals surface area contributed by atoms with E-state index in [0.717, 1.165) is 11.1 Å². The van der Waals surface area contributed by atoms with E-state index in [1.807, 2.05) is 6.92 Å². The van der Waals surface area contributed by atoms with Gasteiger partial charge in [0.15, 0.2) is 0 Å². The largest absolute Gasteiger partial charge is 0.478 e. The van der Waals surface area contributed by atoms with Crippen LogP contribution in [0, 0.1) is 12.7 Å². The number of nitrogens with zero attached hydrogens (tertiary/aromatic N) is 1. The number of carboxylic acid groups (broad SMARTS) is 1. The van der Waals surface area contributed by atoms with E-state index in [4.69, 9.17) is 5.11 Å². The molecule has 1 N–H and O–H groups in total. The molecule has 2 aromatic rings. The molecule has 0 radical (unpaired) electrons. The van der Waals surface area contributed by atoms with Gasteiger partial charge in [-0.2, -0.15) is 0 Å². The standard InChI is InChI=1S/C14H12FNO2S/c1-9-7-11(15)5-4-10(9)8-19-13-12(14(17)18)3-2-6-16-13/h2-7H,8H2,1H3,(H,17,18). The maximum atomic E-state index is 13.0. The van der Waals surface area contributed by atoms with Crippen molar-refractivity contribution in [1.82, 2.24) is 4.98 Å². The van der Waals surface area contributed by atoms with Gasteiger partial charge in [0.05, 0.1) is 5.56 Å². The zero-order valence-electron chi connectivity index (χ0n) is 10.3. The van der Waals surface area contributed by atoms with Gasteiger partial charge in [-0.15, -0.1) is 11.8 Å². The summed E-state index contributed by atoms with van der Waals surface area (Å²) in [5, 5.41) is 9.52. The fraction of sp³-hybridized carbons (Fsp3) is 0.143. The molecule has 0 atom stereocenters. The number of aryl methyl sites for hydroxylation is 1. The Morgan fingerprint density at radius 3 is 2.89 bits per heavy atom. The lowest BCUT2D eigenvalue weighted by Gasteiger charge is -2.07. The Hall–Kier alpha value is -1.88. The molecule has 0 aliphatic heterocycles. The molecule has 0 amide bonds. The molecule has 0 aliphatic carbocycles. The molecule has 0 unspecified atom stereocenters. The molecular formula is C14H12FNO2S. The van der Waals surface area contributed by atoms with Gasteiger partial charge in [-0.25, -0.2) is 14.2 Å². The molecule has 98 valence electrons. The van der Waals surface area contributed by atoms with E-state index in [9.17, 15) is 9.18 Å². The van der Waals surface area contributed by atoms with Crippen molar-refractivity contribution in [3.8, 4) is 0 Å². The lowest BCUT2D eigenvalue weighted by atomic mass is 10.1. The van der Waals surface area contributed by atoms with Gasteiger partial charge in [0.2, 0.25) is 0 Å². The number of pyridine rings is 1. The van der Waals surface area contributed by atoms with Crippen LogP contribution >= 0.6 is 11.8 Å². The Labute approximate surface area is 114 Å². The van der Waals surface area contributed by atoms with Crippen LogP contribution in [-0.2, 0) is 5.75 Å². The Morgan fingerprint density at radius 1 is 1.42 bits per heavy atom. The molecule has 0 bridgehead atoms. The highest BCUT2D eigenvalue weighted by Gasteiger charge is 2.11. The minimum atomic E-state index is -0.994. The van der Waals surface area contributed by atoms with Crippen LogP contribution in [0.2, 0.25) is 0 Å². The number of hydrogen-bond acceptors (Lipinski definition) is 3. The topological polar surface area (TPSA) is 50.2 Å². The lowest BCUT2D eigenvalue weighted by Crippen LogP contribution is -2.00. The summed E-state index contributed by atoms with van der Waals surface area (Å²) in [5.41, 5.74) is 2.00. The Bertz CT molecular complexity index is 616. The van der Waals surface area contributed by atoms with Gasteiger partial charge >= 0.3 is 5.97 Å². The van der Waals surface area contributed by atoms with Crippen LogP contribution < -0.4 is 0 Å². The highest BCUT2D eigenvalue weighted by molar-refractivity contribution is 7.98. The molecule has 0 aliphatic rings. The second kappa shape index (κ2) is 5.84. The SMILES string of the molecule is Cc1cc(F)ccc1CSc1ncccc1C(=O)O. The van der Waals surface area contributed by atoms with Crippen molar-refractivity contribution < 1.29 is 14.3 Å². The van der Waals surface area contributed by atoms with Crippen LogP contribution in [0.1, 0.15) is 21.5 Å². The van der Waals surface area contributed by atoms with Crippen LogP contribution in [-0.4, -0.2) is 16.1 Å². The molecule has 1 aromatic heterocycles. The van der Waals surface area contributed by atoms with Gasteiger partial charge in [0.1, 0.15) is 10.8 Å². The number of carboxylic acids is 1. The predicted molar refractivity (Wildman–Crippen MR) is 71.9 cm³/mol. The summed E-state index contributed by atoms with van der Waals surface area (Å²) in [7, 11) is 0. The molecule has 0 spiro atoms. The average molecular weight is 277 g/mol. The molecule has 1 aromatic carbocycles. The first-order valence-corrected chi connectivity index (χ1v) is 6.62. The highest BCUT2D eigenvalue weighted by Crippen LogP contribution is 2.25. The van der Waals surface area contributed by atoms with Gasteiger partial charge in [0.25, 0.3) is 0 Å². The molecule has 3 nitrogen and oxygen atoms in total. The number of benzene rings is 1. The molecule has 0 saturated carbocycles. The van der Waals surface area contributed by atoms with Crippen molar-refractivity contribution in [2.45, 2.75) is 17.7 Å². The number of hydrogen-bond donors (Lipinski definition) is 1. The normalized spacial score (nSPS) is 10.4. The summed E-state index contributed by atoms with van der Waals surface area (Å²) in [5.74, 6) is -0.703. The monoisotopic (exact) mass is 277 g/mol. The van der Waals surface area contributed by atoms with E-state index in [1.54, 1.807) is 18.3 Å². The average Bonchev–Trinajstić information content (AvgIpc) is 2.38. The second-order valence-electron chi connectivity index (χ2n) is 4.02.